The molecule has 1 saturated heterocycles. The highest BCUT2D eigenvalue weighted by Crippen LogP contribution is 2.39. The van der Waals surface area contributed by atoms with Crippen molar-refractivity contribution in [1.82, 2.24) is 4.90 Å². The molecule has 0 spiro atoms. The molecule has 3 rings (SSSR count). The second-order valence-corrected chi connectivity index (χ2v) is 7.22. The van der Waals surface area contributed by atoms with Crippen LogP contribution in [0.5, 0.6) is 11.5 Å². The molecule has 1 fully saturated rings. The summed E-state index contributed by atoms with van der Waals surface area (Å²) in [6.07, 6.45) is 1.86. The van der Waals surface area contributed by atoms with Crippen molar-refractivity contribution in [2.45, 2.75) is 25.8 Å². The zero-order valence-corrected chi connectivity index (χ0v) is 16.7. The van der Waals surface area contributed by atoms with Gasteiger partial charge in [0, 0.05) is 12.1 Å². The first-order valence-corrected chi connectivity index (χ1v) is 9.44. The lowest BCUT2D eigenvalue weighted by atomic mass is 10.0. The predicted molar refractivity (Wildman–Crippen MR) is 107 cm³/mol. The zero-order valence-electron chi connectivity index (χ0n) is 15.9. The molecule has 1 atom stereocenters. The van der Waals surface area contributed by atoms with E-state index in [1.54, 1.807) is 6.07 Å². The van der Waals surface area contributed by atoms with Crippen LogP contribution in [0.1, 0.15) is 40.4 Å². The summed E-state index contributed by atoms with van der Waals surface area (Å²) in [6, 6.07) is 11.4. The van der Waals surface area contributed by atoms with E-state index in [1.807, 2.05) is 11.8 Å². The number of nitrogens with two attached hydrogens (primary N) is 1. The predicted octanol–water partition coefficient (Wildman–Crippen LogP) is 3.50. The number of carbonyl (C=O) groups is 2. The number of hydrogen-bond donors (Lipinski definition) is 1. The normalized spacial score (nSPS) is 16.1. The molecule has 1 unspecified atom stereocenters. The Hall–Kier alpha value is -2.73. The van der Waals surface area contributed by atoms with Gasteiger partial charge >= 0.3 is 0 Å². The lowest BCUT2D eigenvalue weighted by molar-refractivity contribution is -0.119. The average molecular weight is 403 g/mol. The Morgan fingerprint density at radius 1 is 1.25 bits per heavy atom. The number of halogens is 1. The van der Waals surface area contributed by atoms with Crippen LogP contribution in [0.15, 0.2) is 36.4 Å². The molecule has 0 bridgehead atoms. The largest absolute Gasteiger partial charge is 0.493 e. The van der Waals surface area contributed by atoms with Crippen LogP contribution in [0, 0.1) is 6.92 Å². The smallest absolute Gasteiger partial charge is 0.255 e. The van der Waals surface area contributed by atoms with Crippen LogP contribution in [0.3, 0.4) is 0 Å². The number of nitrogens with zero attached hydrogens (tertiary/aromatic N) is 1. The van der Waals surface area contributed by atoms with Crippen LogP contribution in [0.25, 0.3) is 0 Å². The molecule has 0 aliphatic carbocycles. The Bertz CT molecular complexity index is 883. The minimum Gasteiger partial charge on any atom is -0.493 e. The second-order valence-electron chi connectivity index (χ2n) is 6.81. The molecule has 2 amide bonds. The lowest BCUT2D eigenvalue weighted by Crippen LogP contribution is -2.30. The number of carbonyl (C=O) groups excluding carboxylic acids is 2. The second kappa shape index (κ2) is 8.52. The Morgan fingerprint density at radius 3 is 2.61 bits per heavy atom. The van der Waals surface area contributed by atoms with E-state index in [4.69, 9.17) is 26.8 Å². The summed E-state index contributed by atoms with van der Waals surface area (Å²) < 4.78 is 10.6. The molecule has 7 heteroatoms. The van der Waals surface area contributed by atoms with Crippen LogP contribution in [0.4, 0.5) is 0 Å². The van der Waals surface area contributed by atoms with Crippen LogP contribution in [0.2, 0.25) is 5.02 Å². The molecule has 1 aliphatic heterocycles. The molecule has 28 heavy (non-hydrogen) atoms. The van der Waals surface area contributed by atoms with Gasteiger partial charge in [-0.1, -0.05) is 41.4 Å². The van der Waals surface area contributed by atoms with Crippen molar-refractivity contribution in [3.63, 3.8) is 0 Å². The van der Waals surface area contributed by atoms with E-state index in [2.05, 4.69) is 24.3 Å². The molecule has 6 nitrogen and oxygen atoms in total. The summed E-state index contributed by atoms with van der Waals surface area (Å²) in [6.45, 7) is 2.39. The van der Waals surface area contributed by atoms with Crippen molar-refractivity contribution in [2.75, 3.05) is 20.3 Å². The summed E-state index contributed by atoms with van der Waals surface area (Å²) in [4.78, 5) is 26.0. The summed E-state index contributed by atoms with van der Waals surface area (Å²) in [5.74, 6) is -0.278. The van der Waals surface area contributed by atoms with E-state index in [0.717, 1.165) is 18.4 Å². The Balaban J connectivity index is 1.87. The number of amides is 2. The van der Waals surface area contributed by atoms with Crippen molar-refractivity contribution in [3.05, 3.63) is 58.1 Å². The van der Waals surface area contributed by atoms with E-state index < -0.39 is 5.91 Å². The fourth-order valence-corrected chi connectivity index (χ4v) is 3.70. The van der Waals surface area contributed by atoms with Gasteiger partial charge in [-0.2, -0.15) is 0 Å². The number of benzene rings is 2. The monoisotopic (exact) mass is 402 g/mol. The summed E-state index contributed by atoms with van der Waals surface area (Å²) in [5.41, 5.74) is 7.83. The van der Waals surface area contributed by atoms with Crippen LogP contribution in [-0.2, 0) is 4.79 Å². The molecular weight excluding hydrogens is 380 g/mol. The van der Waals surface area contributed by atoms with Gasteiger partial charge in [-0.3, -0.25) is 9.59 Å². The number of ether oxygens (including phenoxy) is 2. The first kappa shape index (κ1) is 20.0. The summed E-state index contributed by atoms with van der Waals surface area (Å²) in [5, 5.41) is 0.190. The summed E-state index contributed by atoms with van der Waals surface area (Å²) in [7, 11) is 1.45. The highest BCUT2D eigenvalue weighted by atomic mass is 35.5. The maximum absolute atomic E-state index is 13.2. The SMILES string of the molecule is COc1cc(C(=O)N2CCCC2c2ccc(C)cc2)cc(Cl)c1OCC(N)=O. The number of primary amides is 1. The third-order valence-electron chi connectivity index (χ3n) is 4.81. The van der Waals surface area contributed by atoms with E-state index in [-0.39, 0.29) is 35.1 Å². The molecule has 0 saturated carbocycles. The Kier molecular flexibility index (Phi) is 6.09. The minimum atomic E-state index is -0.628. The quantitative estimate of drug-likeness (QED) is 0.801. The standard InChI is InChI=1S/C21H23ClN2O4/c1-13-5-7-14(8-6-13)17-4-3-9-24(17)21(26)15-10-16(22)20(18(11-15)27-2)28-12-19(23)25/h5-8,10-11,17H,3-4,9,12H2,1-2H3,(H2,23,25). The third kappa shape index (κ3) is 4.22. The molecule has 2 aromatic carbocycles. The van der Waals surface area contributed by atoms with Crippen LogP contribution >= 0.6 is 11.6 Å². The van der Waals surface area contributed by atoms with Gasteiger partial charge in [-0.05, 0) is 37.5 Å². The van der Waals surface area contributed by atoms with Crippen molar-refractivity contribution >= 4 is 23.4 Å². The van der Waals surface area contributed by atoms with Gasteiger partial charge in [0.2, 0.25) is 0 Å². The molecular formula is C21H23ClN2O4. The van der Waals surface area contributed by atoms with Gasteiger partial charge in [-0.15, -0.1) is 0 Å². The number of aryl methyl sites for hydroxylation is 1. The van der Waals surface area contributed by atoms with Gasteiger partial charge in [0.1, 0.15) is 0 Å². The minimum absolute atomic E-state index is 0.0312. The lowest BCUT2D eigenvalue weighted by Gasteiger charge is -2.26. The van der Waals surface area contributed by atoms with Gasteiger partial charge in [0.25, 0.3) is 11.8 Å². The van der Waals surface area contributed by atoms with Crippen molar-refractivity contribution < 1.29 is 19.1 Å². The molecule has 148 valence electrons. The molecule has 0 aromatic heterocycles. The van der Waals surface area contributed by atoms with E-state index >= 15 is 0 Å². The molecule has 1 heterocycles. The fourth-order valence-electron chi connectivity index (χ4n) is 3.44. The van der Waals surface area contributed by atoms with Crippen LogP contribution in [-0.4, -0.2) is 37.0 Å². The maximum atomic E-state index is 13.2. The van der Waals surface area contributed by atoms with E-state index in [0.29, 0.717) is 12.1 Å². The zero-order chi connectivity index (χ0) is 20.3. The van der Waals surface area contributed by atoms with Crippen molar-refractivity contribution in [3.8, 4) is 11.5 Å². The molecule has 0 radical (unpaired) electrons. The average Bonchev–Trinajstić information content (AvgIpc) is 3.16. The van der Waals surface area contributed by atoms with Gasteiger partial charge < -0.3 is 20.1 Å². The first-order chi connectivity index (χ1) is 13.4. The number of rotatable bonds is 6. The summed E-state index contributed by atoms with van der Waals surface area (Å²) >= 11 is 6.29. The number of methoxy groups -OCH3 is 1. The van der Waals surface area contributed by atoms with Gasteiger partial charge in [0.15, 0.2) is 18.1 Å². The highest BCUT2D eigenvalue weighted by Gasteiger charge is 2.31. The van der Waals surface area contributed by atoms with Crippen molar-refractivity contribution in [1.29, 1.82) is 0 Å². The number of hydrogen-bond acceptors (Lipinski definition) is 4. The van der Waals surface area contributed by atoms with E-state index in [9.17, 15) is 9.59 Å². The Morgan fingerprint density at radius 2 is 1.96 bits per heavy atom. The fraction of sp³-hybridized carbons (Fsp3) is 0.333. The maximum Gasteiger partial charge on any atom is 0.255 e. The topological polar surface area (TPSA) is 81.9 Å². The van der Waals surface area contributed by atoms with Gasteiger partial charge in [0.05, 0.1) is 18.2 Å². The Labute approximate surface area is 169 Å². The number of likely N-dealkylation sites (tertiary alicyclic amines) is 1. The highest BCUT2D eigenvalue weighted by molar-refractivity contribution is 6.32. The molecule has 2 aromatic rings. The first-order valence-electron chi connectivity index (χ1n) is 9.07. The van der Waals surface area contributed by atoms with E-state index in [1.165, 1.54) is 18.7 Å². The molecule has 1 aliphatic rings. The third-order valence-corrected chi connectivity index (χ3v) is 5.09. The van der Waals surface area contributed by atoms with Crippen LogP contribution < -0.4 is 15.2 Å². The van der Waals surface area contributed by atoms with Crippen molar-refractivity contribution in [2.24, 2.45) is 5.73 Å². The molecule has 2 N–H and O–H groups in total. The van der Waals surface area contributed by atoms with Gasteiger partial charge in [-0.25, -0.2) is 0 Å².